The summed E-state index contributed by atoms with van der Waals surface area (Å²) in [5.41, 5.74) is 3.34. The molecule has 3 rings (SSSR count). The van der Waals surface area contributed by atoms with Crippen LogP contribution in [0.1, 0.15) is 18.1 Å². The van der Waals surface area contributed by atoms with Crippen molar-refractivity contribution in [2.24, 2.45) is 0 Å². The first-order valence-electron chi connectivity index (χ1n) is 6.84. The Morgan fingerprint density at radius 3 is 3.00 bits per heavy atom. The summed E-state index contributed by atoms with van der Waals surface area (Å²) in [6, 6.07) is 3.50. The SMILES string of the molecule is COCC1=CCN(c2cc3c(cc2Cl)C(O)C(=O)N3)CC1. The third kappa shape index (κ3) is 2.64. The van der Waals surface area contributed by atoms with E-state index < -0.39 is 12.0 Å². The summed E-state index contributed by atoms with van der Waals surface area (Å²) in [5.74, 6) is -0.404. The van der Waals surface area contributed by atoms with Gasteiger partial charge in [0.2, 0.25) is 0 Å². The number of aliphatic hydroxyl groups excluding tert-OH is 1. The number of carbonyl (C=O) groups is 1. The van der Waals surface area contributed by atoms with Crippen molar-refractivity contribution in [1.82, 2.24) is 0 Å². The standard InChI is InChI=1S/C15H17ClN2O3/c1-21-8-9-2-4-18(5-3-9)13-7-12-10(6-11(13)16)14(19)15(20)17-12/h2,6-7,14,19H,3-5,8H2,1H3,(H,17,20). The second kappa shape index (κ2) is 5.67. The lowest BCUT2D eigenvalue weighted by molar-refractivity contribution is -0.123. The van der Waals surface area contributed by atoms with Crippen LogP contribution in [0, 0.1) is 0 Å². The number of amides is 1. The topological polar surface area (TPSA) is 61.8 Å². The molecule has 0 fully saturated rings. The first-order valence-corrected chi connectivity index (χ1v) is 7.22. The van der Waals surface area contributed by atoms with Crippen LogP contribution in [0.3, 0.4) is 0 Å². The van der Waals surface area contributed by atoms with Gasteiger partial charge in [0.25, 0.3) is 5.91 Å². The second-order valence-corrected chi connectivity index (χ2v) is 5.68. The Balaban J connectivity index is 1.85. The molecular weight excluding hydrogens is 292 g/mol. The van der Waals surface area contributed by atoms with Crippen LogP contribution < -0.4 is 10.2 Å². The van der Waals surface area contributed by atoms with E-state index in [1.807, 2.05) is 6.07 Å². The number of hydrogen-bond donors (Lipinski definition) is 2. The summed E-state index contributed by atoms with van der Waals surface area (Å²) < 4.78 is 5.14. The Bertz CT molecular complexity index is 615. The van der Waals surface area contributed by atoms with Crippen LogP contribution in [-0.2, 0) is 9.53 Å². The average Bonchev–Trinajstić information content (AvgIpc) is 2.75. The van der Waals surface area contributed by atoms with Gasteiger partial charge in [-0.1, -0.05) is 17.7 Å². The third-order valence-corrected chi connectivity index (χ3v) is 4.20. The van der Waals surface area contributed by atoms with Crippen LogP contribution >= 0.6 is 11.6 Å². The number of aliphatic hydroxyl groups is 1. The average molecular weight is 309 g/mol. The fourth-order valence-corrected chi connectivity index (χ4v) is 3.03. The summed E-state index contributed by atoms with van der Waals surface area (Å²) in [4.78, 5) is 13.7. The van der Waals surface area contributed by atoms with Crippen molar-refractivity contribution in [3.63, 3.8) is 0 Å². The van der Waals surface area contributed by atoms with Crippen molar-refractivity contribution in [2.45, 2.75) is 12.5 Å². The Hall–Kier alpha value is -1.56. The van der Waals surface area contributed by atoms with Crippen molar-refractivity contribution < 1.29 is 14.6 Å². The molecule has 5 nitrogen and oxygen atoms in total. The van der Waals surface area contributed by atoms with Gasteiger partial charge in [0.1, 0.15) is 0 Å². The summed E-state index contributed by atoms with van der Waals surface area (Å²) >= 11 is 6.31. The number of benzene rings is 1. The van der Waals surface area contributed by atoms with Crippen LogP contribution in [0.4, 0.5) is 11.4 Å². The first kappa shape index (κ1) is 14.4. The molecule has 112 valence electrons. The number of methoxy groups -OCH3 is 1. The number of ether oxygens (including phenoxy) is 1. The van der Waals surface area contributed by atoms with E-state index in [4.69, 9.17) is 16.3 Å². The second-order valence-electron chi connectivity index (χ2n) is 5.27. The van der Waals surface area contributed by atoms with Gasteiger partial charge in [-0.05, 0) is 24.1 Å². The Labute approximate surface area is 128 Å². The minimum atomic E-state index is -1.12. The maximum Gasteiger partial charge on any atom is 0.257 e. The van der Waals surface area contributed by atoms with Crippen LogP contribution in [0.25, 0.3) is 0 Å². The van der Waals surface area contributed by atoms with Crippen LogP contribution in [0.2, 0.25) is 5.02 Å². The van der Waals surface area contributed by atoms with E-state index in [0.717, 1.165) is 25.2 Å². The quantitative estimate of drug-likeness (QED) is 0.840. The Kier molecular flexibility index (Phi) is 3.89. The Morgan fingerprint density at radius 2 is 2.33 bits per heavy atom. The molecule has 0 bridgehead atoms. The fourth-order valence-electron chi connectivity index (χ4n) is 2.74. The van der Waals surface area contributed by atoms with Crippen molar-refractivity contribution >= 4 is 28.9 Å². The molecule has 0 radical (unpaired) electrons. The molecule has 2 aliphatic heterocycles. The van der Waals surface area contributed by atoms with Gasteiger partial charge in [-0.3, -0.25) is 4.79 Å². The Morgan fingerprint density at radius 1 is 1.52 bits per heavy atom. The molecule has 0 aromatic heterocycles. The third-order valence-electron chi connectivity index (χ3n) is 3.89. The van der Waals surface area contributed by atoms with Crippen LogP contribution in [0.5, 0.6) is 0 Å². The highest BCUT2D eigenvalue weighted by molar-refractivity contribution is 6.33. The smallest absolute Gasteiger partial charge is 0.257 e. The van der Waals surface area contributed by atoms with Crippen molar-refractivity contribution in [2.75, 3.05) is 37.0 Å². The number of fused-ring (bicyclic) bond motifs is 1. The van der Waals surface area contributed by atoms with E-state index in [9.17, 15) is 9.90 Å². The molecule has 21 heavy (non-hydrogen) atoms. The van der Waals surface area contributed by atoms with Crippen molar-refractivity contribution in [3.05, 3.63) is 34.4 Å². The number of nitrogens with zero attached hydrogens (tertiary/aromatic N) is 1. The maximum absolute atomic E-state index is 11.5. The van der Waals surface area contributed by atoms with Gasteiger partial charge in [0.15, 0.2) is 6.10 Å². The highest BCUT2D eigenvalue weighted by Gasteiger charge is 2.30. The molecule has 1 aromatic carbocycles. The molecule has 0 spiro atoms. The van der Waals surface area contributed by atoms with Gasteiger partial charge < -0.3 is 20.1 Å². The van der Waals surface area contributed by atoms with Gasteiger partial charge in [-0.15, -0.1) is 0 Å². The number of hydrogen-bond acceptors (Lipinski definition) is 4. The van der Waals surface area contributed by atoms with Crippen LogP contribution in [-0.4, -0.2) is 37.8 Å². The van der Waals surface area contributed by atoms with Gasteiger partial charge >= 0.3 is 0 Å². The molecular formula is C15H17ClN2O3. The van der Waals surface area contributed by atoms with E-state index in [0.29, 0.717) is 22.9 Å². The molecule has 2 aliphatic rings. The molecule has 0 saturated carbocycles. The molecule has 2 N–H and O–H groups in total. The molecule has 1 atom stereocenters. The normalized spacial score (nSPS) is 21.1. The van der Waals surface area contributed by atoms with E-state index in [1.54, 1.807) is 13.2 Å². The van der Waals surface area contributed by atoms with Crippen LogP contribution in [0.15, 0.2) is 23.8 Å². The molecule has 0 saturated heterocycles. The molecule has 2 heterocycles. The monoisotopic (exact) mass is 308 g/mol. The summed E-state index contributed by atoms with van der Waals surface area (Å²) in [5, 5.41) is 13.0. The lowest BCUT2D eigenvalue weighted by Crippen LogP contribution is -2.29. The first-order chi connectivity index (χ1) is 10.1. The number of halogens is 1. The van der Waals surface area contributed by atoms with Gasteiger partial charge in [-0.2, -0.15) is 0 Å². The van der Waals surface area contributed by atoms with E-state index >= 15 is 0 Å². The lowest BCUT2D eigenvalue weighted by atomic mass is 10.1. The highest BCUT2D eigenvalue weighted by atomic mass is 35.5. The molecule has 1 unspecified atom stereocenters. The minimum Gasteiger partial charge on any atom is -0.380 e. The number of anilines is 2. The summed E-state index contributed by atoms with van der Waals surface area (Å²) in [6.45, 7) is 2.27. The van der Waals surface area contributed by atoms with Gasteiger partial charge in [0, 0.05) is 31.5 Å². The highest BCUT2D eigenvalue weighted by Crippen LogP contribution is 2.39. The van der Waals surface area contributed by atoms with Gasteiger partial charge in [0.05, 0.1) is 17.3 Å². The molecule has 1 amide bonds. The molecule has 0 aliphatic carbocycles. The van der Waals surface area contributed by atoms with E-state index in [2.05, 4.69) is 16.3 Å². The number of carbonyl (C=O) groups excluding carboxylic acids is 1. The summed E-state index contributed by atoms with van der Waals surface area (Å²) in [7, 11) is 1.69. The fraction of sp³-hybridized carbons (Fsp3) is 0.400. The predicted octanol–water partition coefficient (Wildman–Crippen LogP) is 2.11. The molecule has 6 heteroatoms. The van der Waals surface area contributed by atoms with Crippen molar-refractivity contribution in [1.29, 1.82) is 0 Å². The molecule has 1 aromatic rings. The number of nitrogens with one attached hydrogen (secondary N) is 1. The zero-order valence-electron chi connectivity index (χ0n) is 11.7. The zero-order chi connectivity index (χ0) is 15.0. The van der Waals surface area contributed by atoms with Gasteiger partial charge in [-0.25, -0.2) is 0 Å². The summed E-state index contributed by atoms with van der Waals surface area (Å²) in [6.07, 6.45) is 1.95. The minimum absolute atomic E-state index is 0.404. The largest absolute Gasteiger partial charge is 0.380 e. The maximum atomic E-state index is 11.5. The predicted molar refractivity (Wildman–Crippen MR) is 81.8 cm³/mol. The zero-order valence-corrected chi connectivity index (χ0v) is 12.5. The van der Waals surface area contributed by atoms with E-state index in [-0.39, 0.29) is 0 Å². The van der Waals surface area contributed by atoms with Crippen molar-refractivity contribution in [3.8, 4) is 0 Å². The van der Waals surface area contributed by atoms with E-state index in [1.165, 1.54) is 5.57 Å². The lowest BCUT2D eigenvalue weighted by Gasteiger charge is -2.29. The number of rotatable bonds is 3.